The van der Waals surface area contributed by atoms with E-state index < -0.39 is 0 Å². The van der Waals surface area contributed by atoms with Crippen LogP contribution in [0.25, 0.3) is 17.8 Å². The highest BCUT2D eigenvalue weighted by Gasteiger charge is 2.46. The van der Waals surface area contributed by atoms with E-state index in [9.17, 15) is 4.79 Å². The third-order valence-electron chi connectivity index (χ3n) is 4.73. The normalized spacial score (nSPS) is 14.6. The van der Waals surface area contributed by atoms with Gasteiger partial charge < -0.3 is 10.3 Å². The number of carbonyl (C=O) groups excluding carboxylic acids is 1. The molecule has 2 N–H and O–H groups in total. The van der Waals surface area contributed by atoms with Gasteiger partial charge in [-0.1, -0.05) is 56.3 Å². The van der Waals surface area contributed by atoms with Gasteiger partial charge >= 0.3 is 0 Å². The highest BCUT2D eigenvalue weighted by atomic mass is 35.5. The minimum Gasteiger partial charge on any atom is -0.361 e. The Balaban J connectivity index is 0.000000226. The summed E-state index contributed by atoms with van der Waals surface area (Å²) in [5.41, 5.74) is 1.95. The Morgan fingerprint density at radius 1 is 1.26 bits per heavy atom. The molecule has 0 atom stereocenters. The SMILES string of the molecule is C=C(Cl)/C=c1/cc[nH]/c1=C/C.CC.CC(=O)NC1(c2cnn(-c3ccccc3)c2)CC1. The first-order chi connectivity index (χ1) is 14.9. The molecule has 1 fully saturated rings. The van der Waals surface area contributed by atoms with Crippen molar-refractivity contribution >= 4 is 29.7 Å². The summed E-state index contributed by atoms with van der Waals surface area (Å²) >= 11 is 5.62. The van der Waals surface area contributed by atoms with Gasteiger partial charge in [0.1, 0.15) is 0 Å². The number of nitrogens with one attached hydrogen (secondary N) is 2. The largest absolute Gasteiger partial charge is 0.361 e. The lowest BCUT2D eigenvalue weighted by molar-refractivity contribution is -0.120. The van der Waals surface area contributed by atoms with E-state index >= 15 is 0 Å². The van der Waals surface area contributed by atoms with Crippen molar-refractivity contribution in [2.24, 2.45) is 0 Å². The summed E-state index contributed by atoms with van der Waals surface area (Å²) in [5, 5.41) is 10.1. The van der Waals surface area contributed by atoms with E-state index in [-0.39, 0.29) is 11.4 Å². The van der Waals surface area contributed by atoms with Gasteiger partial charge in [-0.25, -0.2) is 4.68 Å². The van der Waals surface area contributed by atoms with Gasteiger partial charge in [0.05, 0.1) is 17.4 Å². The molecule has 5 nitrogen and oxygen atoms in total. The van der Waals surface area contributed by atoms with Crippen molar-refractivity contribution in [2.45, 2.75) is 46.1 Å². The molecule has 2 heterocycles. The van der Waals surface area contributed by atoms with Crippen LogP contribution in [0.4, 0.5) is 0 Å². The third-order valence-corrected chi connectivity index (χ3v) is 4.84. The first-order valence-electron chi connectivity index (χ1n) is 10.5. The summed E-state index contributed by atoms with van der Waals surface area (Å²) in [6, 6.07) is 11.9. The Morgan fingerprint density at radius 2 is 1.94 bits per heavy atom. The Bertz CT molecular complexity index is 1110. The first-order valence-corrected chi connectivity index (χ1v) is 10.9. The second-order valence-corrected chi connectivity index (χ2v) is 7.48. The number of aromatic amines is 1. The van der Waals surface area contributed by atoms with Crippen LogP contribution >= 0.6 is 11.6 Å². The Kier molecular flexibility index (Phi) is 8.88. The number of hydrogen-bond acceptors (Lipinski definition) is 2. The average Bonchev–Trinajstić information content (AvgIpc) is 3.18. The Hall–Kier alpha value is -3.05. The van der Waals surface area contributed by atoms with Gasteiger partial charge in [0, 0.05) is 40.5 Å². The fourth-order valence-electron chi connectivity index (χ4n) is 3.18. The lowest BCUT2D eigenvalue weighted by Crippen LogP contribution is -2.32. The van der Waals surface area contributed by atoms with Crippen molar-refractivity contribution < 1.29 is 4.79 Å². The number of amides is 1. The van der Waals surface area contributed by atoms with Crippen LogP contribution < -0.4 is 15.9 Å². The maximum atomic E-state index is 11.2. The lowest BCUT2D eigenvalue weighted by Gasteiger charge is -2.13. The van der Waals surface area contributed by atoms with E-state index in [1.54, 1.807) is 6.92 Å². The molecule has 0 aliphatic heterocycles. The van der Waals surface area contributed by atoms with Gasteiger partial charge in [0.25, 0.3) is 0 Å². The van der Waals surface area contributed by atoms with Gasteiger partial charge in [0.15, 0.2) is 0 Å². The van der Waals surface area contributed by atoms with Gasteiger partial charge in [-0.15, -0.1) is 0 Å². The molecule has 0 radical (unpaired) electrons. The van der Waals surface area contributed by atoms with Crippen molar-refractivity contribution in [3.63, 3.8) is 0 Å². The van der Waals surface area contributed by atoms with E-state index in [4.69, 9.17) is 11.6 Å². The standard InChI is InChI=1S/C14H15N3O.C9H10ClN.C2H6/c1-11(18)16-14(7-8-14)12-9-15-17(10-12)13-5-3-2-4-6-13;1-3-9-8(4-5-11-9)6-7(2)10;1-2/h2-6,9-10H,7-8H2,1H3,(H,16,18);3-6,11H,2H2,1H3;1-2H3/b;8-6-,9-3+;. The molecule has 0 spiro atoms. The molecule has 0 unspecified atom stereocenters. The monoisotopic (exact) mass is 438 g/mol. The van der Waals surface area contributed by atoms with Crippen LogP contribution in [-0.2, 0) is 10.3 Å². The number of para-hydroxylation sites is 1. The molecule has 31 heavy (non-hydrogen) atoms. The zero-order valence-corrected chi connectivity index (χ0v) is 19.4. The molecule has 4 rings (SSSR count). The molecule has 3 aromatic rings. The Labute approximate surface area is 189 Å². The molecule has 1 aliphatic rings. The van der Waals surface area contributed by atoms with Crippen LogP contribution in [0.2, 0.25) is 0 Å². The van der Waals surface area contributed by atoms with E-state index in [2.05, 4.69) is 22.0 Å². The molecule has 1 amide bonds. The molecule has 0 saturated heterocycles. The number of rotatable bonds is 4. The molecule has 1 aromatic carbocycles. The number of carbonyl (C=O) groups is 1. The maximum absolute atomic E-state index is 11.2. The topological polar surface area (TPSA) is 62.7 Å². The summed E-state index contributed by atoms with van der Waals surface area (Å²) in [6.07, 6.45) is 11.5. The fraction of sp³-hybridized carbons (Fsp3) is 0.280. The quantitative estimate of drug-likeness (QED) is 0.635. The smallest absolute Gasteiger partial charge is 0.217 e. The zero-order valence-electron chi connectivity index (χ0n) is 18.7. The molecule has 6 heteroatoms. The first kappa shape index (κ1) is 24.2. The number of aromatic nitrogens is 3. The minimum atomic E-state index is -0.168. The summed E-state index contributed by atoms with van der Waals surface area (Å²) in [7, 11) is 0. The predicted octanol–water partition coefficient (Wildman–Crippen LogP) is 4.37. The summed E-state index contributed by atoms with van der Waals surface area (Å²) in [5.74, 6) is 0.0139. The van der Waals surface area contributed by atoms with Crippen molar-refractivity contribution in [1.82, 2.24) is 20.1 Å². The molecule has 1 saturated carbocycles. The summed E-state index contributed by atoms with van der Waals surface area (Å²) < 4.78 is 1.84. The van der Waals surface area contributed by atoms with E-state index in [1.165, 1.54) is 0 Å². The third kappa shape index (κ3) is 6.72. The number of nitrogens with zero attached hydrogens (tertiary/aromatic N) is 2. The lowest BCUT2D eigenvalue weighted by atomic mass is 10.1. The zero-order chi connectivity index (χ0) is 22.9. The second kappa shape index (κ2) is 11.4. The highest BCUT2D eigenvalue weighted by Crippen LogP contribution is 2.45. The number of H-pyrrole nitrogens is 1. The maximum Gasteiger partial charge on any atom is 0.217 e. The van der Waals surface area contributed by atoms with Crippen molar-refractivity contribution in [3.05, 3.63) is 82.7 Å². The van der Waals surface area contributed by atoms with Crippen LogP contribution in [0.15, 0.2) is 66.6 Å². The van der Waals surface area contributed by atoms with Gasteiger partial charge in [-0.05, 0) is 44.0 Å². The van der Waals surface area contributed by atoms with Crippen molar-refractivity contribution in [2.75, 3.05) is 0 Å². The summed E-state index contributed by atoms with van der Waals surface area (Å²) in [4.78, 5) is 14.3. The van der Waals surface area contributed by atoms with Crippen LogP contribution in [0.1, 0.15) is 46.1 Å². The van der Waals surface area contributed by atoms with E-state index in [1.807, 2.05) is 92.6 Å². The van der Waals surface area contributed by atoms with Crippen LogP contribution in [0.3, 0.4) is 0 Å². The van der Waals surface area contributed by atoms with Crippen LogP contribution in [0.5, 0.6) is 0 Å². The Morgan fingerprint density at radius 3 is 2.48 bits per heavy atom. The van der Waals surface area contributed by atoms with Crippen molar-refractivity contribution in [3.8, 4) is 5.69 Å². The van der Waals surface area contributed by atoms with E-state index in [0.717, 1.165) is 34.7 Å². The van der Waals surface area contributed by atoms with Crippen molar-refractivity contribution in [1.29, 1.82) is 0 Å². The average molecular weight is 439 g/mol. The van der Waals surface area contributed by atoms with Gasteiger partial charge in [0.2, 0.25) is 5.91 Å². The molecule has 2 aromatic heterocycles. The number of benzene rings is 1. The predicted molar refractivity (Wildman–Crippen MR) is 129 cm³/mol. The van der Waals surface area contributed by atoms with Crippen LogP contribution in [-0.4, -0.2) is 20.7 Å². The fourth-order valence-corrected chi connectivity index (χ4v) is 3.30. The molecule has 0 bridgehead atoms. The number of hydrogen-bond donors (Lipinski definition) is 2. The molecular weight excluding hydrogens is 408 g/mol. The molecular formula is C25H31ClN4O. The van der Waals surface area contributed by atoms with Crippen LogP contribution in [0, 0.1) is 0 Å². The highest BCUT2D eigenvalue weighted by molar-refractivity contribution is 6.33. The van der Waals surface area contributed by atoms with Gasteiger partial charge in [-0.3, -0.25) is 4.79 Å². The van der Waals surface area contributed by atoms with E-state index in [0.29, 0.717) is 5.03 Å². The number of allylic oxidation sites excluding steroid dienone is 1. The summed E-state index contributed by atoms with van der Waals surface area (Å²) in [6.45, 7) is 11.1. The second-order valence-electron chi connectivity index (χ2n) is 7.00. The molecule has 164 valence electrons. The number of halogens is 1. The van der Waals surface area contributed by atoms with Gasteiger partial charge in [-0.2, -0.15) is 5.10 Å². The molecule has 1 aliphatic carbocycles. The minimum absolute atomic E-state index is 0.0139.